The van der Waals surface area contributed by atoms with Gasteiger partial charge in [0.05, 0.1) is 6.61 Å². The molecule has 90 valence electrons. The van der Waals surface area contributed by atoms with E-state index in [1.54, 1.807) is 0 Å². The number of nitrogens with one attached hydrogen (secondary N) is 1. The molecule has 0 aliphatic rings. The van der Waals surface area contributed by atoms with E-state index in [1.807, 2.05) is 30.3 Å². The molecule has 3 nitrogen and oxygen atoms in total. The molecule has 1 unspecified atom stereocenters. The highest BCUT2D eigenvalue weighted by molar-refractivity contribution is 5.20. The minimum Gasteiger partial charge on any atom is -0.494 e. The molecular formula is C13H22N2O. The van der Waals surface area contributed by atoms with Crippen LogP contribution in [0.2, 0.25) is 0 Å². The van der Waals surface area contributed by atoms with E-state index in [2.05, 4.69) is 26.2 Å². The second kappa shape index (κ2) is 5.87. The second-order valence-electron chi connectivity index (χ2n) is 5.04. The van der Waals surface area contributed by atoms with Crippen LogP contribution in [0.1, 0.15) is 27.2 Å². The summed E-state index contributed by atoms with van der Waals surface area (Å²) in [4.78, 5) is 0. The molecule has 0 aliphatic carbocycles. The van der Waals surface area contributed by atoms with Gasteiger partial charge in [0.1, 0.15) is 5.75 Å². The van der Waals surface area contributed by atoms with E-state index in [0.717, 1.165) is 12.2 Å². The van der Waals surface area contributed by atoms with Gasteiger partial charge in [0, 0.05) is 6.04 Å². The molecule has 0 amide bonds. The Bertz CT molecular complexity index is 293. The number of para-hydroxylation sites is 1. The summed E-state index contributed by atoms with van der Waals surface area (Å²) in [7, 11) is 0. The molecule has 0 radical (unpaired) electrons. The van der Waals surface area contributed by atoms with E-state index in [0.29, 0.717) is 6.61 Å². The summed E-state index contributed by atoms with van der Waals surface area (Å²) in [6, 6.07) is 10.1. The minimum atomic E-state index is 0.148. The summed E-state index contributed by atoms with van der Waals surface area (Å²) in [5.41, 5.74) is 3.00. The van der Waals surface area contributed by atoms with Gasteiger partial charge in [-0.15, -0.1) is 0 Å². The van der Waals surface area contributed by atoms with Gasteiger partial charge in [-0.3, -0.25) is 11.3 Å². The molecule has 0 aliphatic heterocycles. The van der Waals surface area contributed by atoms with Crippen LogP contribution in [0.4, 0.5) is 0 Å². The summed E-state index contributed by atoms with van der Waals surface area (Å²) in [5.74, 6) is 6.44. The van der Waals surface area contributed by atoms with Crippen LogP contribution in [0.25, 0.3) is 0 Å². The average Bonchev–Trinajstić information content (AvgIpc) is 2.24. The number of rotatable bonds is 5. The van der Waals surface area contributed by atoms with Crippen LogP contribution in [0.5, 0.6) is 5.75 Å². The average molecular weight is 222 g/mol. The smallest absolute Gasteiger partial charge is 0.119 e. The van der Waals surface area contributed by atoms with Gasteiger partial charge in [-0.25, -0.2) is 0 Å². The molecular weight excluding hydrogens is 200 g/mol. The monoisotopic (exact) mass is 222 g/mol. The molecule has 0 bridgehead atoms. The number of benzene rings is 1. The summed E-state index contributed by atoms with van der Waals surface area (Å²) < 4.78 is 5.64. The van der Waals surface area contributed by atoms with Crippen LogP contribution in [0, 0.1) is 5.41 Å². The zero-order valence-electron chi connectivity index (χ0n) is 10.4. The lowest BCUT2D eigenvalue weighted by molar-refractivity contribution is 0.209. The Balaban J connectivity index is 2.35. The van der Waals surface area contributed by atoms with Crippen molar-refractivity contribution in [1.29, 1.82) is 0 Å². The van der Waals surface area contributed by atoms with Crippen LogP contribution in [0.3, 0.4) is 0 Å². The van der Waals surface area contributed by atoms with E-state index in [-0.39, 0.29) is 11.5 Å². The summed E-state index contributed by atoms with van der Waals surface area (Å²) >= 11 is 0. The standard InChI is InChI=1S/C13H22N2O/c1-13(2,3)12(15-14)9-10-16-11-7-5-4-6-8-11/h4-8,12,15H,9-10,14H2,1-3H3. The van der Waals surface area contributed by atoms with E-state index in [4.69, 9.17) is 10.6 Å². The van der Waals surface area contributed by atoms with Crippen molar-refractivity contribution in [2.75, 3.05) is 6.61 Å². The Hall–Kier alpha value is -1.06. The third kappa shape index (κ3) is 4.21. The van der Waals surface area contributed by atoms with Crippen molar-refractivity contribution < 1.29 is 4.74 Å². The lowest BCUT2D eigenvalue weighted by atomic mass is 9.85. The highest BCUT2D eigenvalue weighted by Gasteiger charge is 2.22. The molecule has 3 heteroatoms. The lowest BCUT2D eigenvalue weighted by Crippen LogP contribution is -2.45. The Morgan fingerprint density at radius 1 is 1.25 bits per heavy atom. The summed E-state index contributed by atoms with van der Waals surface area (Å²) in [6.07, 6.45) is 0.898. The highest BCUT2D eigenvalue weighted by Crippen LogP contribution is 2.21. The third-order valence-corrected chi connectivity index (χ3v) is 2.67. The molecule has 0 fully saturated rings. The van der Waals surface area contributed by atoms with E-state index in [1.165, 1.54) is 0 Å². The first-order valence-electron chi connectivity index (χ1n) is 5.68. The van der Waals surface area contributed by atoms with Gasteiger partial charge in [0.2, 0.25) is 0 Å². The predicted octanol–water partition coefficient (Wildman–Crippen LogP) is 2.33. The van der Waals surface area contributed by atoms with Crippen molar-refractivity contribution in [1.82, 2.24) is 5.43 Å². The van der Waals surface area contributed by atoms with E-state index >= 15 is 0 Å². The molecule has 16 heavy (non-hydrogen) atoms. The van der Waals surface area contributed by atoms with Crippen molar-refractivity contribution >= 4 is 0 Å². The molecule has 0 saturated heterocycles. The first-order valence-corrected chi connectivity index (χ1v) is 5.68. The van der Waals surface area contributed by atoms with Crippen LogP contribution in [0.15, 0.2) is 30.3 Å². The van der Waals surface area contributed by atoms with Gasteiger partial charge in [-0.2, -0.15) is 0 Å². The summed E-state index contributed by atoms with van der Waals surface area (Å²) in [6.45, 7) is 7.18. The maximum atomic E-state index is 5.64. The third-order valence-electron chi connectivity index (χ3n) is 2.67. The van der Waals surface area contributed by atoms with Crippen molar-refractivity contribution in [2.45, 2.75) is 33.2 Å². The maximum absolute atomic E-state index is 5.64. The topological polar surface area (TPSA) is 47.3 Å². The molecule has 0 saturated carbocycles. The van der Waals surface area contributed by atoms with E-state index < -0.39 is 0 Å². The molecule has 1 aromatic carbocycles. The second-order valence-corrected chi connectivity index (χ2v) is 5.04. The van der Waals surface area contributed by atoms with Gasteiger partial charge < -0.3 is 4.74 Å². The van der Waals surface area contributed by atoms with Gasteiger partial charge in [-0.05, 0) is 24.0 Å². The molecule has 3 N–H and O–H groups in total. The van der Waals surface area contributed by atoms with Crippen LogP contribution >= 0.6 is 0 Å². The van der Waals surface area contributed by atoms with Gasteiger partial charge in [0.15, 0.2) is 0 Å². The molecule has 0 aromatic heterocycles. The first kappa shape index (κ1) is 13.0. The van der Waals surface area contributed by atoms with Crippen molar-refractivity contribution in [3.8, 4) is 5.75 Å². The number of hydrogen-bond donors (Lipinski definition) is 2. The summed E-state index contributed by atoms with van der Waals surface area (Å²) in [5, 5.41) is 0. The molecule has 0 heterocycles. The quantitative estimate of drug-likeness (QED) is 0.594. The Kier molecular flexibility index (Phi) is 4.77. The molecule has 1 rings (SSSR count). The lowest BCUT2D eigenvalue weighted by Gasteiger charge is -2.29. The van der Waals surface area contributed by atoms with Gasteiger partial charge in [0.25, 0.3) is 0 Å². The van der Waals surface area contributed by atoms with Crippen molar-refractivity contribution in [3.63, 3.8) is 0 Å². The van der Waals surface area contributed by atoms with Crippen molar-refractivity contribution in [3.05, 3.63) is 30.3 Å². The largest absolute Gasteiger partial charge is 0.494 e. The Labute approximate surface area is 98.0 Å². The first-order chi connectivity index (χ1) is 7.54. The van der Waals surface area contributed by atoms with E-state index in [9.17, 15) is 0 Å². The number of hydrazine groups is 1. The fourth-order valence-corrected chi connectivity index (χ4v) is 1.58. The van der Waals surface area contributed by atoms with Gasteiger partial charge >= 0.3 is 0 Å². The Morgan fingerprint density at radius 3 is 2.38 bits per heavy atom. The molecule has 0 spiro atoms. The van der Waals surface area contributed by atoms with Crippen LogP contribution < -0.4 is 16.0 Å². The minimum absolute atomic E-state index is 0.148. The zero-order chi connectivity index (χ0) is 12.0. The van der Waals surface area contributed by atoms with Crippen molar-refractivity contribution in [2.24, 2.45) is 11.3 Å². The van der Waals surface area contributed by atoms with Crippen LogP contribution in [-0.2, 0) is 0 Å². The van der Waals surface area contributed by atoms with Gasteiger partial charge in [-0.1, -0.05) is 39.0 Å². The zero-order valence-corrected chi connectivity index (χ0v) is 10.4. The predicted molar refractivity (Wildman–Crippen MR) is 67.1 cm³/mol. The maximum Gasteiger partial charge on any atom is 0.119 e. The fraction of sp³-hybridized carbons (Fsp3) is 0.538. The number of nitrogens with two attached hydrogens (primary N) is 1. The highest BCUT2D eigenvalue weighted by atomic mass is 16.5. The van der Waals surface area contributed by atoms with Crippen LogP contribution in [-0.4, -0.2) is 12.6 Å². The fourth-order valence-electron chi connectivity index (χ4n) is 1.58. The molecule has 1 atom stereocenters. The SMILES string of the molecule is CC(C)(C)C(CCOc1ccccc1)NN. The number of ether oxygens (including phenoxy) is 1. The number of hydrogen-bond acceptors (Lipinski definition) is 3. The normalized spacial score (nSPS) is 13.5. The molecule has 1 aromatic rings. The Morgan fingerprint density at radius 2 is 1.88 bits per heavy atom.